The van der Waals surface area contributed by atoms with Crippen LogP contribution < -0.4 is 0 Å². The van der Waals surface area contributed by atoms with E-state index in [4.69, 9.17) is 4.74 Å². The molecule has 4 heteroatoms. The lowest BCUT2D eigenvalue weighted by Gasteiger charge is -2.36. The van der Waals surface area contributed by atoms with Crippen molar-refractivity contribution in [3.05, 3.63) is 34.1 Å². The van der Waals surface area contributed by atoms with Gasteiger partial charge in [0.15, 0.2) is 0 Å². The van der Waals surface area contributed by atoms with Gasteiger partial charge in [0.1, 0.15) is 5.82 Å². The molecule has 0 amide bonds. The van der Waals surface area contributed by atoms with Crippen LogP contribution in [-0.2, 0) is 11.2 Å². The van der Waals surface area contributed by atoms with Gasteiger partial charge in [0.05, 0.1) is 11.7 Å². The largest absolute Gasteiger partial charge is 0.389 e. The van der Waals surface area contributed by atoms with Crippen LogP contribution in [0.15, 0.2) is 22.7 Å². The van der Waals surface area contributed by atoms with Crippen molar-refractivity contribution in [3.8, 4) is 0 Å². The number of ether oxygens (including phenoxy) is 1. The van der Waals surface area contributed by atoms with Gasteiger partial charge in [-0.25, -0.2) is 4.39 Å². The van der Waals surface area contributed by atoms with Crippen LogP contribution >= 0.6 is 15.9 Å². The van der Waals surface area contributed by atoms with Gasteiger partial charge in [-0.3, -0.25) is 0 Å². The minimum atomic E-state index is -0.772. The van der Waals surface area contributed by atoms with Gasteiger partial charge in [-0.2, -0.15) is 0 Å². The molecule has 0 bridgehead atoms. The summed E-state index contributed by atoms with van der Waals surface area (Å²) in [7, 11) is 0. The first-order chi connectivity index (χ1) is 8.50. The zero-order valence-corrected chi connectivity index (χ0v) is 12.0. The number of halogens is 2. The average Bonchev–Trinajstić information content (AvgIpc) is 2.26. The van der Waals surface area contributed by atoms with E-state index in [1.165, 1.54) is 12.1 Å². The third kappa shape index (κ3) is 3.53. The average molecular weight is 317 g/mol. The van der Waals surface area contributed by atoms with Gasteiger partial charge in [-0.05, 0) is 36.6 Å². The molecule has 100 valence electrons. The Kier molecular flexibility index (Phi) is 4.41. The zero-order valence-electron chi connectivity index (χ0n) is 10.5. The summed E-state index contributed by atoms with van der Waals surface area (Å²) in [5.41, 5.74) is 0.0488. The monoisotopic (exact) mass is 316 g/mol. The van der Waals surface area contributed by atoms with E-state index in [9.17, 15) is 9.50 Å². The van der Waals surface area contributed by atoms with Gasteiger partial charge >= 0.3 is 0 Å². The summed E-state index contributed by atoms with van der Waals surface area (Å²) in [6, 6.07) is 4.77. The van der Waals surface area contributed by atoms with Crippen molar-refractivity contribution in [2.24, 2.45) is 0 Å². The first kappa shape index (κ1) is 14.0. The van der Waals surface area contributed by atoms with Crippen LogP contribution in [0.3, 0.4) is 0 Å². The molecule has 1 heterocycles. The second-order valence-electron chi connectivity index (χ2n) is 5.03. The molecule has 1 aliphatic rings. The van der Waals surface area contributed by atoms with Crippen LogP contribution in [0.2, 0.25) is 0 Å². The van der Waals surface area contributed by atoms with Crippen LogP contribution in [0, 0.1) is 5.82 Å². The molecule has 0 radical (unpaired) electrons. The van der Waals surface area contributed by atoms with Crippen LogP contribution in [0.5, 0.6) is 0 Å². The van der Waals surface area contributed by atoms with E-state index in [2.05, 4.69) is 22.9 Å². The fourth-order valence-electron chi connectivity index (χ4n) is 2.52. The summed E-state index contributed by atoms with van der Waals surface area (Å²) in [6.45, 7) is 2.63. The predicted octanol–water partition coefficient (Wildman–Crippen LogP) is 3.45. The van der Waals surface area contributed by atoms with Gasteiger partial charge < -0.3 is 9.84 Å². The first-order valence-electron chi connectivity index (χ1n) is 6.30. The molecule has 2 unspecified atom stereocenters. The maximum absolute atomic E-state index is 13.3. The molecule has 2 atom stereocenters. The van der Waals surface area contributed by atoms with Crippen LogP contribution in [0.25, 0.3) is 0 Å². The van der Waals surface area contributed by atoms with E-state index in [1.54, 1.807) is 0 Å². The number of aliphatic hydroxyl groups is 1. The normalized spacial score (nSPS) is 28.3. The van der Waals surface area contributed by atoms with E-state index in [1.807, 2.05) is 6.07 Å². The lowest BCUT2D eigenvalue weighted by Crippen LogP contribution is -2.42. The van der Waals surface area contributed by atoms with Crippen molar-refractivity contribution in [1.29, 1.82) is 0 Å². The van der Waals surface area contributed by atoms with Crippen molar-refractivity contribution in [3.63, 3.8) is 0 Å². The molecular formula is C14H18BrFO2. The zero-order chi connectivity index (χ0) is 13.2. The van der Waals surface area contributed by atoms with Gasteiger partial charge in [0.25, 0.3) is 0 Å². The van der Waals surface area contributed by atoms with E-state index in [-0.39, 0.29) is 11.9 Å². The molecule has 1 aliphatic heterocycles. The van der Waals surface area contributed by atoms with Crippen molar-refractivity contribution in [2.75, 3.05) is 6.61 Å². The maximum Gasteiger partial charge on any atom is 0.124 e. The summed E-state index contributed by atoms with van der Waals surface area (Å²) in [4.78, 5) is 0. The standard InChI is InChI=1S/C14H18BrFO2/c1-2-13-9-14(17,3-4-18-13)8-10-5-11(15)7-12(16)6-10/h5-7,13,17H,2-4,8-9H2,1H3. The van der Waals surface area contributed by atoms with Gasteiger partial charge in [0, 0.05) is 23.9 Å². The Bertz CT molecular complexity index is 404. The van der Waals surface area contributed by atoms with Crippen molar-refractivity contribution >= 4 is 15.9 Å². The van der Waals surface area contributed by atoms with Crippen molar-refractivity contribution in [1.82, 2.24) is 0 Å². The molecule has 1 fully saturated rings. The molecule has 0 spiro atoms. The molecular weight excluding hydrogens is 299 g/mol. The van der Waals surface area contributed by atoms with E-state index < -0.39 is 5.60 Å². The second kappa shape index (κ2) is 5.68. The predicted molar refractivity (Wildman–Crippen MR) is 72.0 cm³/mol. The van der Waals surface area contributed by atoms with Gasteiger partial charge in [-0.15, -0.1) is 0 Å². The van der Waals surface area contributed by atoms with Crippen LogP contribution in [0.1, 0.15) is 31.7 Å². The Morgan fingerprint density at radius 3 is 2.94 bits per heavy atom. The Labute approximate surface area is 115 Å². The fraction of sp³-hybridized carbons (Fsp3) is 0.571. The summed E-state index contributed by atoms with van der Waals surface area (Å²) < 4.78 is 19.6. The van der Waals surface area contributed by atoms with Crippen LogP contribution in [-0.4, -0.2) is 23.4 Å². The minimum absolute atomic E-state index is 0.112. The quantitative estimate of drug-likeness (QED) is 0.925. The first-order valence-corrected chi connectivity index (χ1v) is 7.09. The van der Waals surface area contributed by atoms with E-state index in [0.717, 1.165) is 12.0 Å². The van der Waals surface area contributed by atoms with E-state index >= 15 is 0 Å². The summed E-state index contributed by atoms with van der Waals surface area (Å²) in [6.07, 6.45) is 2.72. The number of benzene rings is 1. The summed E-state index contributed by atoms with van der Waals surface area (Å²) >= 11 is 3.27. The smallest absolute Gasteiger partial charge is 0.124 e. The Morgan fingerprint density at radius 1 is 1.50 bits per heavy atom. The molecule has 1 N–H and O–H groups in total. The Balaban J connectivity index is 2.11. The number of hydrogen-bond acceptors (Lipinski definition) is 2. The number of rotatable bonds is 3. The number of hydrogen-bond donors (Lipinski definition) is 1. The molecule has 0 aromatic heterocycles. The molecule has 2 rings (SSSR count). The molecule has 1 aromatic carbocycles. The molecule has 2 nitrogen and oxygen atoms in total. The third-order valence-electron chi connectivity index (χ3n) is 3.44. The van der Waals surface area contributed by atoms with E-state index in [0.29, 0.717) is 30.3 Å². The van der Waals surface area contributed by atoms with Crippen molar-refractivity contribution < 1.29 is 14.2 Å². The summed E-state index contributed by atoms with van der Waals surface area (Å²) in [5, 5.41) is 10.6. The SMILES string of the molecule is CCC1CC(O)(Cc2cc(F)cc(Br)c2)CCO1. The molecule has 0 aliphatic carbocycles. The van der Waals surface area contributed by atoms with Crippen LogP contribution in [0.4, 0.5) is 4.39 Å². The van der Waals surface area contributed by atoms with Gasteiger partial charge in [0.2, 0.25) is 0 Å². The highest BCUT2D eigenvalue weighted by molar-refractivity contribution is 9.10. The molecule has 1 saturated heterocycles. The minimum Gasteiger partial charge on any atom is -0.389 e. The fourth-order valence-corrected chi connectivity index (χ4v) is 3.03. The molecule has 18 heavy (non-hydrogen) atoms. The van der Waals surface area contributed by atoms with Crippen molar-refractivity contribution in [2.45, 2.75) is 44.3 Å². The highest BCUT2D eigenvalue weighted by Crippen LogP contribution is 2.30. The Hall–Kier alpha value is -0.450. The maximum atomic E-state index is 13.3. The highest BCUT2D eigenvalue weighted by atomic mass is 79.9. The lowest BCUT2D eigenvalue weighted by molar-refractivity contribution is -0.103. The Morgan fingerprint density at radius 2 is 2.28 bits per heavy atom. The van der Waals surface area contributed by atoms with Gasteiger partial charge in [-0.1, -0.05) is 22.9 Å². The topological polar surface area (TPSA) is 29.5 Å². The second-order valence-corrected chi connectivity index (χ2v) is 5.95. The highest BCUT2D eigenvalue weighted by Gasteiger charge is 2.34. The molecule has 1 aromatic rings. The third-order valence-corrected chi connectivity index (χ3v) is 3.90. The molecule has 0 saturated carbocycles. The lowest BCUT2D eigenvalue weighted by atomic mass is 9.84. The summed E-state index contributed by atoms with van der Waals surface area (Å²) in [5.74, 6) is -0.276.